The molecule has 204 valence electrons. The summed E-state index contributed by atoms with van der Waals surface area (Å²) in [6.07, 6.45) is 3.87. The van der Waals surface area contributed by atoms with Gasteiger partial charge in [0.05, 0.1) is 17.6 Å². The number of allylic oxidation sites excluding steroid dienone is 1. The first-order valence-electron chi connectivity index (χ1n) is 13.7. The molecule has 1 amide bonds. The highest BCUT2D eigenvalue weighted by Crippen LogP contribution is 2.36. The number of aryl methyl sites for hydroxylation is 1. The second-order valence-corrected chi connectivity index (χ2v) is 10.1. The molecule has 6 rings (SSSR count). The van der Waals surface area contributed by atoms with Crippen LogP contribution in [-0.2, 0) is 27.2 Å². The Morgan fingerprint density at radius 1 is 0.975 bits per heavy atom. The van der Waals surface area contributed by atoms with Crippen LogP contribution in [0.2, 0.25) is 0 Å². The highest BCUT2D eigenvalue weighted by atomic mass is 16.7. The number of imidazole rings is 1. The Balaban J connectivity index is 1.31. The summed E-state index contributed by atoms with van der Waals surface area (Å²) < 4.78 is 19.8. The van der Waals surface area contributed by atoms with Crippen LogP contribution >= 0.6 is 0 Å². The number of nitrogens with zero attached hydrogens (tertiary/aromatic N) is 4. The lowest BCUT2D eigenvalue weighted by Gasteiger charge is -2.32. The van der Waals surface area contributed by atoms with E-state index in [1.165, 1.54) is 0 Å². The first-order chi connectivity index (χ1) is 19.7. The highest BCUT2D eigenvalue weighted by Gasteiger charge is 2.33. The lowest BCUT2D eigenvalue weighted by molar-refractivity contribution is 0.0811. The van der Waals surface area contributed by atoms with Gasteiger partial charge in [-0.05, 0) is 43.0 Å². The summed E-state index contributed by atoms with van der Waals surface area (Å²) in [6, 6.07) is 25.9. The van der Waals surface area contributed by atoms with Crippen molar-refractivity contribution in [3.05, 3.63) is 113 Å². The molecule has 1 atom stereocenters. The largest absolute Gasteiger partial charge is 0.456 e. The Hall–Kier alpha value is -4.59. The highest BCUT2D eigenvalue weighted by molar-refractivity contribution is 5.68. The number of carbonyl (C=O) groups excluding carboxylic acids is 1. The van der Waals surface area contributed by atoms with Crippen LogP contribution in [0.3, 0.4) is 0 Å². The molecule has 1 saturated heterocycles. The molecule has 1 unspecified atom stereocenters. The van der Waals surface area contributed by atoms with Gasteiger partial charge >= 0.3 is 6.09 Å². The van der Waals surface area contributed by atoms with E-state index in [1.807, 2.05) is 84.4 Å². The molecule has 8 nitrogen and oxygen atoms in total. The second-order valence-electron chi connectivity index (χ2n) is 10.1. The zero-order valence-electron chi connectivity index (χ0n) is 22.5. The van der Waals surface area contributed by atoms with Gasteiger partial charge in [0.1, 0.15) is 12.4 Å². The Morgan fingerprint density at radius 3 is 2.52 bits per heavy atom. The van der Waals surface area contributed by atoms with E-state index in [2.05, 4.69) is 12.1 Å². The van der Waals surface area contributed by atoms with Gasteiger partial charge in [-0.3, -0.25) is 9.55 Å². The predicted molar refractivity (Wildman–Crippen MR) is 151 cm³/mol. The molecule has 0 N–H and O–H groups in total. The summed E-state index contributed by atoms with van der Waals surface area (Å²) in [4.78, 5) is 24.5. The standard InChI is InChI=1S/C32H32N4O4/c1-23-10-8-16-27(34-23)28-19-33-30(36(28)31-29(39-22-40-31)18-24-11-4-2-5-12-24)26-15-9-17-35(20-26)32(37)38-21-25-13-6-3-7-14-25/h2-8,10-14,16,19,26H,9,15,17-18,20-22H2,1H3. The van der Waals surface area contributed by atoms with E-state index in [0.29, 0.717) is 25.4 Å². The monoisotopic (exact) mass is 536 g/mol. The molecule has 0 spiro atoms. The summed E-state index contributed by atoms with van der Waals surface area (Å²) in [6.45, 7) is 3.52. The molecule has 2 aliphatic rings. The van der Waals surface area contributed by atoms with Gasteiger partial charge in [-0.25, -0.2) is 9.78 Å². The molecule has 4 aromatic rings. The Kier molecular flexibility index (Phi) is 7.48. The van der Waals surface area contributed by atoms with Gasteiger partial charge in [-0.1, -0.05) is 66.7 Å². The van der Waals surface area contributed by atoms with Crippen LogP contribution in [0, 0.1) is 6.92 Å². The van der Waals surface area contributed by atoms with Crippen molar-refractivity contribution in [2.24, 2.45) is 0 Å². The average molecular weight is 537 g/mol. The van der Waals surface area contributed by atoms with E-state index in [-0.39, 0.29) is 25.4 Å². The van der Waals surface area contributed by atoms with Crippen LogP contribution in [0.15, 0.2) is 90.8 Å². The number of ether oxygens (including phenoxy) is 3. The fourth-order valence-electron chi connectivity index (χ4n) is 5.29. The lowest BCUT2D eigenvalue weighted by atomic mass is 9.97. The quantitative estimate of drug-likeness (QED) is 0.282. The third-order valence-corrected chi connectivity index (χ3v) is 7.27. The van der Waals surface area contributed by atoms with Crippen molar-refractivity contribution in [2.45, 2.75) is 38.7 Å². The number of benzene rings is 2. The van der Waals surface area contributed by atoms with Crippen molar-refractivity contribution in [1.29, 1.82) is 0 Å². The van der Waals surface area contributed by atoms with Crippen LogP contribution in [0.5, 0.6) is 0 Å². The molecular formula is C32H32N4O4. The molecular weight excluding hydrogens is 504 g/mol. The van der Waals surface area contributed by atoms with Gasteiger partial charge < -0.3 is 19.1 Å². The van der Waals surface area contributed by atoms with Crippen molar-refractivity contribution in [2.75, 3.05) is 19.9 Å². The van der Waals surface area contributed by atoms with E-state index < -0.39 is 0 Å². The van der Waals surface area contributed by atoms with Gasteiger partial charge in [0, 0.05) is 31.1 Å². The normalized spacial score (nSPS) is 16.9. The smallest absolute Gasteiger partial charge is 0.410 e. The molecule has 8 heteroatoms. The minimum Gasteiger partial charge on any atom is -0.456 e. The number of pyridine rings is 1. The molecule has 2 aliphatic heterocycles. The number of piperidine rings is 1. The molecule has 0 aliphatic carbocycles. The Labute approximate surface area is 233 Å². The topological polar surface area (TPSA) is 78.7 Å². The molecule has 0 bridgehead atoms. The van der Waals surface area contributed by atoms with Crippen LogP contribution in [-0.4, -0.2) is 45.4 Å². The maximum Gasteiger partial charge on any atom is 0.410 e. The SMILES string of the molecule is Cc1cccc(-c2cnc(C3CCCN(C(=O)OCc4ccccc4)C3)n2C2=C(Cc3ccccc3)OCO2)n1. The van der Waals surface area contributed by atoms with Gasteiger partial charge in [0.25, 0.3) is 0 Å². The van der Waals surface area contributed by atoms with Crippen LogP contribution in [0.1, 0.15) is 41.4 Å². The molecule has 40 heavy (non-hydrogen) atoms. The van der Waals surface area contributed by atoms with Crippen molar-refractivity contribution in [3.8, 4) is 11.4 Å². The summed E-state index contributed by atoms with van der Waals surface area (Å²) in [5.41, 5.74) is 4.64. The fraction of sp³-hybridized carbons (Fsp3) is 0.281. The van der Waals surface area contributed by atoms with Crippen LogP contribution in [0.25, 0.3) is 17.3 Å². The van der Waals surface area contributed by atoms with Crippen molar-refractivity contribution >= 4 is 12.0 Å². The van der Waals surface area contributed by atoms with Gasteiger partial charge in [-0.15, -0.1) is 0 Å². The van der Waals surface area contributed by atoms with Gasteiger partial charge in [-0.2, -0.15) is 0 Å². The number of hydrogen-bond donors (Lipinski definition) is 0. The molecule has 2 aromatic carbocycles. The number of carbonyl (C=O) groups is 1. The zero-order valence-corrected chi connectivity index (χ0v) is 22.5. The summed E-state index contributed by atoms with van der Waals surface area (Å²) in [5, 5.41) is 0. The van der Waals surface area contributed by atoms with E-state index in [0.717, 1.165) is 52.6 Å². The van der Waals surface area contributed by atoms with Crippen LogP contribution < -0.4 is 0 Å². The average Bonchev–Trinajstić information content (AvgIpc) is 3.64. The molecule has 4 heterocycles. The van der Waals surface area contributed by atoms with Crippen molar-refractivity contribution < 1.29 is 19.0 Å². The van der Waals surface area contributed by atoms with Crippen molar-refractivity contribution in [3.63, 3.8) is 0 Å². The lowest BCUT2D eigenvalue weighted by Crippen LogP contribution is -2.40. The number of hydrogen-bond acceptors (Lipinski definition) is 6. The molecule has 2 aromatic heterocycles. The first kappa shape index (κ1) is 25.7. The maximum atomic E-state index is 13.0. The number of rotatable bonds is 7. The fourth-order valence-corrected chi connectivity index (χ4v) is 5.29. The number of amides is 1. The maximum absolute atomic E-state index is 13.0. The van der Waals surface area contributed by atoms with E-state index in [4.69, 9.17) is 24.2 Å². The summed E-state index contributed by atoms with van der Waals surface area (Å²) in [7, 11) is 0. The third kappa shape index (κ3) is 5.57. The van der Waals surface area contributed by atoms with E-state index >= 15 is 0 Å². The third-order valence-electron chi connectivity index (χ3n) is 7.27. The Morgan fingerprint density at radius 2 is 1.75 bits per heavy atom. The molecule has 0 radical (unpaired) electrons. The number of aromatic nitrogens is 3. The second kappa shape index (κ2) is 11.7. The van der Waals surface area contributed by atoms with Crippen LogP contribution in [0.4, 0.5) is 4.79 Å². The van der Waals surface area contributed by atoms with E-state index in [1.54, 1.807) is 4.90 Å². The number of likely N-dealkylation sites (tertiary alicyclic amines) is 1. The minimum absolute atomic E-state index is 0.00809. The van der Waals surface area contributed by atoms with E-state index in [9.17, 15) is 4.79 Å². The Bertz CT molecular complexity index is 1500. The summed E-state index contributed by atoms with van der Waals surface area (Å²) in [5.74, 6) is 2.18. The molecule has 1 fully saturated rings. The van der Waals surface area contributed by atoms with Gasteiger partial charge in [0.15, 0.2) is 5.76 Å². The molecule has 0 saturated carbocycles. The predicted octanol–water partition coefficient (Wildman–Crippen LogP) is 6.14. The minimum atomic E-state index is -0.309. The van der Waals surface area contributed by atoms with Crippen molar-refractivity contribution in [1.82, 2.24) is 19.4 Å². The van der Waals surface area contributed by atoms with Gasteiger partial charge in [0.2, 0.25) is 12.7 Å². The zero-order chi connectivity index (χ0) is 27.3. The summed E-state index contributed by atoms with van der Waals surface area (Å²) >= 11 is 0. The first-order valence-corrected chi connectivity index (χ1v) is 13.7.